The number of pyridine rings is 1. The van der Waals surface area contributed by atoms with Crippen LogP contribution in [0.4, 0.5) is 0 Å². The van der Waals surface area contributed by atoms with Crippen molar-refractivity contribution in [2.75, 3.05) is 13.2 Å². The van der Waals surface area contributed by atoms with Crippen LogP contribution in [0.5, 0.6) is 5.75 Å². The van der Waals surface area contributed by atoms with Crippen LogP contribution in [0.15, 0.2) is 36.5 Å². The zero-order chi connectivity index (χ0) is 11.5. The van der Waals surface area contributed by atoms with Gasteiger partial charge in [-0.2, -0.15) is 0 Å². The second-order valence-corrected chi connectivity index (χ2v) is 4.41. The maximum Gasteiger partial charge on any atom is 0.145 e. The average Bonchev–Trinajstić information content (AvgIpc) is 3.19. The van der Waals surface area contributed by atoms with Crippen molar-refractivity contribution in [1.82, 2.24) is 10.3 Å². The summed E-state index contributed by atoms with van der Waals surface area (Å²) in [4.78, 5) is 4.36. The van der Waals surface area contributed by atoms with Gasteiger partial charge in [-0.1, -0.05) is 18.2 Å². The second-order valence-electron chi connectivity index (χ2n) is 4.41. The number of nitrogens with zero attached hydrogens (tertiary/aromatic N) is 1. The Kier molecular flexibility index (Phi) is 2.92. The summed E-state index contributed by atoms with van der Waals surface area (Å²) in [5, 5.41) is 4.55. The third kappa shape index (κ3) is 2.56. The third-order valence-corrected chi connectivity index (χ3v) is 2.97. The largest absolute Gasteiger partial charge is 0.490 e. The average molecular weight is 228 g/mol. The quantitative estimate of drug-likeness (QED) is 0.798. The predicted molar refractivity (Wildman–Crippen MR) is 68.3 cm³/mol. The minimum Gasteiger partial charge on any atom is -0.490 e. The fourth-order valence-electron chi connectivity index (χ4n) is 1.90. The number of benzene rings is 1. The SMILES string of the molecule is c1cnc2c(OCCNC3CC3)cccc2c1. The molecule has 88 valence electrons. The number of nitrogens with one attached hydrogen (secondary N) is 1. The fraction of sp³-hybridized carbons (Fsp3) is 0.357. The Labute approximate surface area is 101 Å². The second kappa shape index (κ2) is 4.72. The maximum atomic E-state index is 5.77. The van der Waals surface area contributed by atoms with Gasteiger partial charge in [0, 0.05) is 24.2 Å². The van der Waals surface area contributed by atoms with E-state index >= 15 is 0 Å². The molecule has 0 amide bonds. The van der Waals surface area contributed by atoms with E-state index in [-0.39, 0.29) is 0 Å². The van der Waals surface area contributed by atoms with Crippen LogP contribution in [0.2, 0.25) is 0 Å². The fourth-order valence-corrected chi connectivity index (χ4v) is 1.90. The van der Waals surface area contributed by atoms with Crippen LogP contribution in [0.25, 0.3) is 10.9 Å². The summed E-state index contributed by atoms with van der Waals surface area (Å²) in [7, 11) is 0. The van der Waals surface area contributed by atoms with Gasteiger partial charge in [-0.3, -0.25) is 4.98 Å². The van der Waals surface area contributed by atoms with Gasteiger partial charge < -0.3 is 10.1 Å². The molecule has 0 unspecified atom stereocenters. The number of rotatable bonds is 5. The highest BCUT2D eigenvalue weighted by Crippen LogP contribution is 2.23. The molecule has 1 aromatic carbocycles. The molecule has 0 spiro atoms. The van der Waals surface area contributed by atoms with Gasteiger partial charge in [0.25, 0.3) is 0 Å². The molecule has 3 heteroatoms. The van der Waals surface area contributed by atoms with E-state index in [9.17, 15) is 0 Å². The van der Waals surface area contributed by atoms with Gasteiger partial charge in [-0.15, -0.1) is 0 Å². The topological polar surface area (TPSA) is 34.1 Å². The lowest BCUT2D eigenvalue weighted by Gasteiger charge is -2.08. The zero-order valence-electron chi connectivity index (χ0n) is 9.73. The van der Waals surface area contributed by atoms with E-state index < -0.39 is 0 Å². The van der Waals surface area contributed by atoms with Gasteiger partial charge in [0.05, 0.1) is 0 Å². The molecule has 1 aromatic heterocycles. The molecule has 0 atom stereocenters. The molecule has 2 aromatic rings. The van der Waals surface area contributed by atoms with Crippen LogP contribution < -0.4 is 10.1 Å². The zero-order valence-corrected chi connectivity index (χ0v) is 9.73. The third-order valence-electron chi connectivity index (χ3n) is 2.97. The molecule has 1 N–H and O–H groups in total. The number of aromatic nitrogens is 1. The molecule has 0 bridgehead atoms. The monoisotopic (exact) mass is 228 g/mol. The van der Waals surface area contributed by atoms with Gasteiger partial charge in [0.1, 0.15) is 17.9 Å². The number of para-hydroxylation sites is 1. The molecule has 3 nitrogen and oxygen atoms in total. The summed E-state index contributed by atoms with van der Waals surface area (Å²) < 4.78 is 5.77. The predicted octanol–water partition coefficient (Wildman–Crippen LogP) is 2.37. The van der Waals surface area contributed by atoms with Gasteiger partial charge in [0.2, 0.25) is 0 Å². The van der Waals surface area contributed by atoms with E-state index in [0.29, 0.717) is 6.61 Å². The Morgan fingerprint density at radius 1 is 1.24 bits per heavy atom. The van der Waals surface area contributed by atoms with Gasteiger partial charge >= 0.3 is 0 Å². The Bertz CT molecular complexity index is 503. The first kappa shape index (κ1) is 10.5. The number of fused-ring (bicyclic) bond motifs is 1. The molecule has 0 aliphatic heterocycles. The van der Waals surface area contributed by atoms with Crippen molar-refractivity contribution in [2.45, 2.75) is 18.9 Å². The first-order valence-electron chi connectivity index (χ1n) is 6.13. The maximum absolute atomic E-state index is 5.77. The Hall–Kier alpha value is -1.61. The van der Waals surface area contributed by atoms with Crippen molar-refractivity contribution >= 4 is 10.9 Å². The molecule has 0 radical (unpaired) electrons. The lowest BCUT2D eigenvalue weighted by atomic mass is 10.2. The van der Waals surface area contributed by atoms with E-state index in [1.807, 2.05) is 18.2 Å². The van der Waals surface area contributed by atoms with Crippen LogP contribution in [-0.2, 0) is 0 Å². The highest BCUT2D eigenvalue weighted by molar-refractivity contribution is 5.84. The normalized spacial score (nSPS) is 15.1. The van der Waals surface area contributed by atoms with Crippen molar-refractivity contribution in [3.8, 4) is 5.75 Å². The van der Waals surface area contributed by atoms with Crippen LogP contribution in [0.3, 0.4) is 0 Å². The van der Waals surface area contributed by atoms with Crippen molar-refractivity contribution in [1.29, 1.82) is 0 Å². The van der Waals surface area contributed by atoms with Crippen LogP contribution in [0, 0.1) is 0 Å². The number of hydrogen-bond acceptors (Lipinski definition) is 3. The lowest BCUT2D eigenvalue weighted by Crippen LogP contribution is -2.22. The van der Waals surface area contributed by atoms with E-state index in [1.165, 1.54) is 12.8 Å². The Morgan fingerprint density at radius 2 is 2.12 bits per heavy atom. The van der Waals surface area contributed by atoms with Crippen LogP contribution in [-0.4, -0.2) is 24.2 Å². The summed E-state index contributed by atoms with van der Waals surface area (Å²) in [6.45, 7) is 1.61. The summed E-state index contributed by atoms with van der Waals surface area (Å²) in [5.41, 5.74) is 0.946. The molecule has 3 rings (SSSR count). The van der Waals surface area contributed by atoms with Gasteiger partial charge in [-0.05, 0) is 25.0 Å². The van der Waals surface area contributed by atoms with Crippen LogP contribution >= 0.6 is 0 Å². The molecule has 0 saturated heterocycles. The molecule has 1 fully saturated rings. The summed E-state index contributed by atoms with van der Waals surface area (Å²) in [5.74, 6) is 0.876. The molecule has 1 heterocycles. The molecule has 1 saturated carbocycles. The number of hydrogen-bond donors (Lipinski definition) is 1. The van der Waals surface area contributed by atoms with Gasteiger partial charge in [0.15, 0.2) is 0 Å². The summed E-state index contributed by atoms with van der Waals surface area (Å²) in [6, 6.07) is 10.8. The van der Waals surface area contributed by atoms with Crippen molar-refractivity contribution in [3.63, 3.8) is 0 Å². The molecular formula is C14H16N2O. The highest BCUT2D eigenvalue weighted by atomic mass is 16.5. The van der Waals surface area contributed by atoms with E-state index in [2.05, 4.69) is 22.4 Å². The smallest absolute Gasteiger partial charge is 0.145 e. The minimum atomic E-state index is 0.701. The molecule has 1 aliphatic carbocycles. The molecule has 1 aliphatic rings. The van der Waals surface area contributed by atoms with Crippen molar-refractivity contribution in [3.05, 3.63) is 36.5 Å². The molecular weight excluding hydrogens is 212 g/mol. The lowest BCUT2D eigenvalue weighted by molar-refractivity contribution is 0.316. The van der Waals surface area contributed by atoms with E-state index in [4.69, 9.17) is 4.74 Å². The first-order valence-corrected chi connectivity index (χ1v) is 6.13. The Morgan fingerprint density at radius 3 is 3.00 bits per heavy atom. The minimum absolute atomic E-state index is 0.701. The van der Waals surface area contributed by atoms with Crippen molar-refractivity contribution < 1.29 is 4.74 Å². The summed E-state index contributed by atoms with van der Waals surface area (Å²) in [6.07, 6.45) is 4.43. The number of ether oxygens (including phenoxy) is 1. The highest BCUT2D eigenvalue weighted by Gasteiger charge is 2.19. The van der Waals surface area contributed by atoms with Crippen molar-refractivity contribution in [2.24, 2.45) is 0 Å². The Balaban J connectivity index is 1.66. The van der Waals surface area contributed by atoms with Crippen LogP contribution in [0.1, 0.15) is 12.8 Å². The van der Waals surface area contributed by atoms with Gasteiger partial charge in [-0.25, -0.2) is 0 Å². The summed E-state index contributed by atoms with van der Waals surface area (Å²) >= 11 is 0. The van der Waals surface area contributed by atoms with E-state index in [1.54, 1.807) is 6.20 Å². The molecule has 17 heavy (non-hydrogen) atoms. The van der Waals surface area contributed by atoms with E-state index in [0.717, 1.165) is 29.2 Å². The first-order chi connectivity index (χ1) is 8.43. The standard InChI is InChI=1S/C14H16N2O/c1-3-11-4-2-8-16-14(11)13(5-1)17-10-9-15-12-6-7-12/h1-5,8,12,15H,6-7,9-10H2.